The molecule has 0 radical (unpaired) electrons. The number of furan rings is 1. The number of benzene rings is 1. The number of rotatable bonds is 3. The molecule has 0 aliphatic heterocycles. The fourth-order valence-corrected chi connectivity index (χ4v) is 2.63. The first-order chi connectivity index (χ1) is 9.24. The van der Waals surface area contributed by atoms with Crippen LogP contribution in [0.25, 0.3) is 11.0 Å². The summed E-state index contributed by atoms with van der Waals surface area (Å²) in [6.45, 7) is 0. The first-order valence-electron chi connectivity index (χ1n) is 6.05. The molecule has 2 aromatic heterocycles. The molecule has 3 rings (SSSR count). The lowest BCUT2D eigenvalue weighted by Gasteiger charge is -2.10. The zero-order chi connectivity index (χ0) is 13.2. The fraction of sp³-hybridized carbons (Fsp3) is 0.133. The molecule has 0 spiro atoms. The van der Waals surface area contributed by atoms with Crippen LogP contribution in [-0.2, 0) is 6.42 Å². The van der Waals surface area contributed by atoms with Crippen molar-refractivity contribution in [1.29, 1.82) is 0 Å². The van der Waals surface area contributed by atoms with Gasteiger partial charge >= 0.3 is 0 Å². The van der Waals surface area contributed by atoms with Gasteiger partial charge in [0.1, 0.15) is 5.58 Å². The van der Waals surface area contributed by atoms with Gasteiger partial charge in [0.2, 0.25) is 0 Å². The summed E-state index contributed by atoms with van der Waals surface area (Å²) in [5, 5.41) is 1.08. The maximum Gasteiger partial charge on any atom is 0.134 e. The third kappa shape index (κ3) is 2.55. The summed E-state index contributed by atoms with van der Waals surface area (Å²) in [4.78, 5) is 4.16. The molecule has 19 heavy (non-hydrogen) atoms. The van der Waals surface area contributed by atoms with E-state index in [4.69, 9.17) is 10.2 Å². The third-order valence-electron chi connectivity index (χ3n) is 3.13. The lowest BCUT2D eigenvalue weighted by molar-refractivity contribution is 0.599. The molecule has 1 atom stereocenters. The molecule has 96 valence electrons. The van der Waals surface area contributed by atoms with Crippen molar-refractivity contribution < 1.29 is 4.42 Å². The van der Waals surface area contributed by atoms with Crippen LogP contribution in [0.15, 0.2) is 57.9 Å². The Balaban J connectivity index is 1.90. The van der Waals surface area contributed by atoms with Crippen LogP contribution in [0.3, 0.4) is 0 Å². The predicted octanol–water partition coefficient (Wildman–Crippen LogP) is 3.83. The number of pyridine rings is 1. The number of hydrogen-bond donors (Lipinski definition) is 1. The van der Waals surface area contributed by atoms with E-state index in [1.165, 1.54) is 0 Å². The van der Waals surface area contributed by atoms with Crippen molar-refractivity contribution in [3.8, 4) is 0 Å². The highest BCUT2D eigenvalue weighted by atomic mass is 79.9. The van der Waals surface area contributed by atoms with Crippen LogP contribution in [-0.4, -0.2) is 4.98 Å². The topological polar surface area (TPSA) is 52.0 Å². The average molecular weight is 317 g/mol. The maximum absolute atomic E-state index is 6.28. The Morgan fingerprint density at radius 2 is 2.11 bits per heavy atom. The molecule has 2 heterocycles. The standard InChI is InChI=1S/C15H13BrN2O/c16-11-5-10(7-18-8-11)6-14(17)13-9-19-15-4-2-1-3-12(13)15/h1-5,7-9,14H,6,17H2. The SMILES string of the molecule is NC(Cc1cncc(Br)c1)c1coc2ccccc12. The van der Waals surface area contributed by atoms with Gasteiger partial charge in [0.15, 0.2) is 0 Å². The number of nitrogens with two attached hydrogens (primary N) is 1. The van der Waals surface area contributed by atoms with Crippen LogP contribution in [0.5, 0.6) is 0 Å². The summed E-state index contributed by atoms with van der Waals surface area (Å²) in [6.07, 6.45) is 6.09. The summed E-state index contributed by atoms with van der Waals surface area (Å²) in [5.74, 6) is 0. The number of nitrogens with zero attached hydrogens (tertiary/aromatic N) is 1. The van der Waals surface area contributed by atoms with Crippen molar-refractivity contribution in [2.75, 3.05) is 0 Å². The van der Waals surface area contributed by atoms with E-state index in [9.17, 15) is 0 Å². The van der Waals surface area contributed by atoms with Gasteiger partial charge in [-0.15, -0.1) is 0 Å². The molecular formula is C15H13BrN2O. The number of hydrogen-bond acceptors (Lipinski definition) is 3. The van der Waals surface area contributed by atoms with E-state index >= 15 is 0 Å². The van der Waals surface area contributed by atoms with Crippen molar-refractivity contribution in [3.05, 3.63) is 64.6 Å². The summed E-state index contributed by atoms with van der Waals surface area (Å²) in [6, 6.07) is 9.88. The molecule has 1 aromatic carbocycles. The molecule has 0 aliphatic rings. The van der Waals surface area contributed by atoms with Crippen molar-refractivity contribution in [3.63, 3.8) is 0 Å². The molecule has 2 N–H and O–H groups in total. The second-order valence-electron chi connectivity index (χ2n) is 4.51. The molecule has 3 aromatic rings. The quantitative estimate of drug-likeness (QED) is 0.798. The Hall–Kier alpha value is -1.65. The Bertz CT molecular complexity index is 708. The fourth-order valence-electron chi connectivity index (χ4n) is 2.22. The zero-order valence-electron chi connectivity index (χ0n) is 10.2. The Kier molecular flexibility index (Phi) is 3.36. The minimum atomic E-state index is -0.0975. The largest absolute Gasteiger partial charge is 0.464 e. The third-order valence-corrected chi connectivity index (χ3v) is 3.56. The lowest BCUT2D eigenvalue weighted by atomic mass is 10.0. The monoisotopic (exact) mass is 316 g/mol. The van der Waals surface area contributed by atoms with Gasteiger partial charge in [-0.1, -0.05) is 18.2 Å². The van der Waals surface area contributed by atoms with E-state index in [1.54, 1.807) is 12.5 Å². The Labute approximate surface area is 119 Å². The van der Waals surface area contributed by atoms with Crippen LogP contribution >= 0.6 is 15.9 Å². The van der Waals surface area contributed by atoms with Gasteiger partial charge in [-0.3, -0.25) is 4.98 Å². The summed E-state index contributed by atoms with van der Waals surface area (Å²) < 4.78 is 6.49. The first kappa shape index (κ1) is 12.4. The van der Waals surface area contributed by atoms with Crippen LogP contribution in [0.1, 0.15) is 17.2 Å². The molecule has 0 saturated carbocycles. The number of fused-ring (bicyclic) bond motifs is 1. The summed E-state index contributed by atoms with van der Waals surface area (Å²) >= 11 is 3.42. The van der Waals surface area contributed by atoms with Crippen molar-refractivity contribution in [2.45, 2.75) is 12.5 Å². The molecule has 0 fully saturated rings. The van der Waals surface area contributed by atoms with Gasteiger partial charge in [0, 0.05) is 33.9 Å². The molecular weight excluding hydrogens is 304 g/mol. The summed E-state index contributed by atoms with van der Waals surface area (Å²) in [5.41, 5.74) is 9.30. The van der Waals surface area contributed by atoms with Gasteiger partial charge in [0.25, 0.3) is 0 Å². The Morgan fingerprint density at radius 3 is 2.95 bits per heavy atom. The van der Waals surface area contributed by atoms with E-state index in [0.717, 1.165) is 33.0 Å². The molecule has 1 unspecified atom stereocenters. The lowest BCUT2D eigenvalue weighted by Crippen LogP contribution is -2.13. The number of halogens is 1. The van der Waals surface area contributed by atoms with Gasteiger partial charge in [-0.2, -0.15) is 0 Å². The summed E-state index contributed by atoms with van der Waals surface area (Å²) in [7, 11) is 0. The highest BCUT2D eigenvalue weighted by molar-refractivity contribution is 9.10. The van der Waals surface area contributed by atoms with Gasteiger partial charge in [0.05, 0.1) is 6.26 Å². The van der Waals surface area contributed by atoms with E-state index in [2.05, 4.69) is 20.9 Å². The number of para-hydroxylation sites is 1. The highest BCUT2D eigenvalue weighted by Crippen LogP contribution is 2.27. The minimum Gasteiger partial charge on any atom is -0.464 e. The average Bonchev–Trinajstić information content (AvgIpc) is 2.82. The van der Waals surface area contributed by atoms with Gasteiger partial charge in [-0.25, -0.2) is 0 Å². The molecule has 0 saturated heterocycles. The molecule has 0 bridgehead atoms. The van der Waals surface area contributed by atoms with Crippen molar-refractivity contribution in [1.82, 2.24) is 4.98 Å². The predicted molar refractivity (Wildman–Crippen MR) is 78.8 cm³/mol. The second-order valence-corrected chi connectivity index (χ2v) is 5.42. The Morgan fingerprint density at radius 1 is 1.26 bits per heavy atom. The first-order valence-corrected chi connectivity index (χ1v) is 6.84. The smallest absolute Gasteiger partial charge is 0.134 e. The maximum atomic E-state index is 6.28. The van der Waals surface area contributed by atoms with Crippen molar-refractivity contribution >= 4 is 26.9 Å². The molecule has 0 amide bonds. The molecule has 4 heteroatoms. The van der Waals surface area contributed by atoms with E-state index in [-0.39, 0.29) is 6.04 Å². The van der Waals surface area contributed by atoms with E-state index in [1.807, 2.05) is 36.5 Å². The van der Waals surface area contributed by atoms with Crippen LogP contribution < -0.4 is 5.73 Å². The zero-order valence-corrected chi connectivity index (χ0v) is 11.8. The van der Waals surface area contributed by atoms with Gasteiger partial charge < -0.3 is 10.2 Å². The van der Waals surface area contributed by atoms with E-state index < -0.39 is 0 Å². The molecule has 0 aliphatic carbocycles. The molecule has 3 nitrogen and oxygen atoms in total. The normalized spacial score (nSPS) is 12.7. The van der Waals surface area contributed by atoms with Crippen LogP contribution in [0.2, 0.25) is 0 Å². The van der Waals surface area contributed by atoms with Crippen LogP contribution in [0.4, 0.5) is 0 Å². The highest BCUT2D eigenvalue weighted by Gasteiger charge is 2.13. The second kappa shape index (κ2) is 5.15. The number of aromatic nitrogens is 1. The van der Waals surface area contributed by atoms with Gasteiger partial charge in [-0.05, 0) is 40.0 Å². The van der Waals surface area contributed by atoms with E-state index in [0.29, 0.717) is 0 Å². The van der Waals surface area contributed by atoms with Crippen LogP contribution in [0, 0.1) is 0 Å². The van der Waals surface area contributed by atoms with Crippen molar-refractivity contribution in [2.24, 2.45) is 5.73 Å². The minimum absolute atomic E-state index is 0.0975.